The quantitative estimate of drug-likeness (QED) is 0.681. The summed E-state index contributed by atoms with van der Waals surface area (Å²) in [6, 6.07) is 2.08. The van der Waals surface area contributed by atoms with Gasteiger partial charge in [-0.3, -0.25) is 9.89 Å². The predicted octanol–water partition coefficient (Wildman–Crippen LogP) is 3.37. The lowest BCUT2D eigenvalue weighted by Gasteiger charge is -2.51. The standard InChI is InChI=1S/C24H22ClF2N7O/c1-3-29-20-7-15(25)5-4-14(20)6-18-13(2)30-23-19(8-28)21(22(26)27)31-34(23)24(18)33-9-16(10-33)32-11-17(35)12-32/h3-7,16-17,22,35H,1,9-12H2,2H3/b14-6+,29-20?. The molecule has 0 radical (unpaired) electrons. The van der Waals surface area contributed by atoms with Crippen LogP contribution in [0, 0.1) is 18.3 Å². The number of aliphatic hydroxyl groups is 1. The molecule has 2 aliphatic heterocycles. The molecular formula is C24H22ClF2N7O. The van der Waals surface area contributed by atoms with Gasteiger partial charge in [-0.05, 0) is 25.2 Å². The first-order chi connectivity index (χ1) is 16.8. The molecule has 1 aliphatic carbocycles. The number of aliphatic imine (C=N–C) groups is 1. The molecular weight excluding hydrogens is 476 g/mol. The first-order valence-electron chi connectivity index (χ1n) is 11.0. The number of nitriles is 1. The van der Waals surface area contributed by atoms with Gasteiger partial charge in [0, 0.05) is 54.6 Å². The summed E-state index contributed by atoms with van der Waals surface area (Å²) in [4.78, 5) is 13.0. The molecule has 35 heavy (non-hydrogen) atoms. The van der Waals surface area contributed by atoms with Crippen LogP contribution in [-0.4, -0.2) is 68.6 Å². The van der Waals surface area contributed by atoms with Crippen molar-refractivity contribution in [3.8, 4) is 6.07 Å². The fraction of sp³-hybridized carbons (Fsp3) is 0.333. The van der Waals surface area contributed by atoms with Crippen LogP contribution in [0.2, 0.25) is 0 Å². The van der Waals surface area contributed by atoms with E-state index in [0.29, 0.717) is 54.0 Å². The Hall–Kier alpha value is -3.39. The number of hydrogen-bond donors (Lipinski definition) is 1. The van der Waals surface area contributed by atoms with Gasteiger partial charge < -0.3 is 10.0 Å². The highest BCUT2D eigenvalue weighted by Crippen LogP contribution is 2.35. The maximum Gasteiger partial charge on any atom is 0.283 e. The minimum absolute atomic E-state index is 0.0994. The summed E-state index contributed by atoms with van der Waals surface area (Å²) in [6.45, 7) is 7.93. The number of hydrogen-bond acceptors (Lipinski definition) is 7. The highest BCUT2D eigenvalue weighted by molar-refractivity contribution is 6.35. The number of fused-ring (bicyclic) bond motifs is 1. The fourth-order valence-corrected chi connectivity index (χ4v) is 4.72. The van der Waals surface area contributed by atoms with E-state index in [1.807, 2.05) is 23.1 Å². The molecule has 8 nitrogen and oxygen atoms in total. The van der Waals surface area contributed by atoms with Gasteiger partial charge in [0.25, 0.3) is 6.43 Å². The lowest BCUT2D eigenvalue weighted by molar-refractivity contribution is -0.0313. The second-order valence-corrected chi connectivity index (χ2v) is 9.10. The van der Waals surface area contributed by atoms with Gasteiger partial charge in [0.15, 0.2) is 5.65 Å². The van der Waals surface area contributed by atoms with Gasteiger partial charge >= 0.3 is 0 Å². The van der Waals surface area contributed by atoms with E-state index in [0.717, 1.165) is 5.57 Å². The van der Waals surface area contributed by atoms with E-state index in [9.17, 15) is 19.1 Å². The topological polar surface area (TPSA) is 93.0 Å². The summed E-state index contributed by atoms with van der Waals surface area (Å²) in [5, 5.41) is 23.9. The van der Waals surface area contributed by atoms with E-state index < -0.39 is 12.1 Å². The average molecular weight is 498 g/mol. The number of β-amino-alcohol motifs (C(OH)–C–C–N with tert-alkyl or cyclic N) is 1. The van der Waals surface area contributed by atoms with E-state index in [1.54, 1.807) is 19.1 Å². The van der Waals surface area contributed by atoms with Crippen molar-refractivity contribution in [2.24, 2.45) is 4.99 Å². The molecule has 0 amide bonds. The Labute approximate surface area is 205 Å². The van der Waals surface area contributed by atoms with Crippen molar-refractivity contribution < 1.29 is 13.9 Å². The molecule has 0 bridgehead atoms. The first-order valence-corrected chi connectivity index (χ1v) is 11.4. The van der Waals surface area contributed by atoms with Crippen molar-refractivity contribution in [2.45, 2.75) is 25.5 Å². The number of likely N-dealkylation sites (tertiary alicyclic amines) is 1. The number of aromatic nitrogens is 3. The molecule has 0 saturated carbocycles. The van der Waals surface area contributed by atoms with Gasteiger partial charge in [-0.2, -0.15) is 14.9 Å². The lowest BCUT2D eigenvalue weighted by Crippen LogP contribution is -2.67. The van der Waals surface area contributed by atoms with Gasteiger partial charge in [-0.25, -0.2) is 13.8 Å². The van der Waals surface area contributed by atoms with Crippen LogP contribution in [0.25, 0.3) is 11.7 Å². The number of rotatable bonds is 5. The van der Waals surface area contributed by atoms with Crippen molar-refractivity contribution in [3.63, 3.8) is 0 Å². The van der Waals surface area contributed by atoms with Crippen LogP contribution < -0.4 is 4.90 Å². The Bertz CT molecular complexity index is 1370. The van der Waals surface area contributed by atoms with Crippen LogP contribution in [0.15, 0.2) is 46.6 Å². The summed E-state index contributed by atoms with van der Waals surface area (Å²) < 4.78 is 28.8. The van der Waals surface area contributed by atoms with E-state index >= 15 is 0 Å². The molecule has 0 spiro atoms. The molecule has 0 aromatic carbocycles. The lowest BCUT2D eigenvalue weighted by atomic mass is 9.98. The highest BCUT2D eigenvalue weighted by atomic mass is 35.5. The number of allylic oxidation sites excluding steroid dienone is 5. The predicted molar refractivity (Wildman–Crippen MR) is 130 cm³/mol. The summed E-state index contributed by atoms with van der Waals surface area (Å²) in [5.41, 5.74) is 1.86. The van der Waals surface area contributed by atoms with Crippen LogP contribution >= 0.6 is 11.6 Å². The molecule has 5 rings (SSSR count). The third-order valence-corrected chi connectivity index (χ3v) is 6.64. The molecule has 2 fully saturated rings. The second-order valence-electron chi connectivity index (χ2n) is 8.67. The maximum absolute atomic E-state index is 13.7. The van der Waals surface area contributed by atoms with Crippen LogP contribution in [0.3, 0.4) is 0 Å². The van der Waals surface area contributed by atoms with Gasteiger partial charge in [-0.15, -0.1) is 0 Å². The van der Waals surface area contributed by atoms with Gasteiger partial charge in [0.2, 0.25) is 0 Å². The largest absolute Gasteiger partial charge is 0.390 e. The zero-order chi connectivity index (χ0) is 24.9. The SMILES string of the molecule is C=CN=C1C=C(Cl)C=C/C1=C\c1c(C)nc2c(C#N)c(C(F)F)nn2c1N1CC(N2CC(O)C2)C1. The van der Waals surface area contributed by atoms with Crippen molar-refractivity contribution in [1.29, 1.82) is 5.26 Å². The zero-order valence-electron chi connectivity index (χ0n) is 18.9. The second kappa shape index (κ2) is 9.00. The molecule has 4 heterocycles. The van der Waals surface area contributed by atoms with Crippen molar-refractivity contribution in [1.82, 2.24) is 19.5 Å². The van der Waals surface area contributed by atoms with Gasteiger partial charge in [-0.1, -0.05) is 24.3 Å². The summed E-state index contributed by atoms with van der Waals surface area (Å²) in [7, 11) is 0. The first kappa shape index (κ1) is 23.4. The fourth-order valence-electron chi connectivity index (χ4n) is 4.55. The Morgan fingerprint density at radius 1 is 1.31 bits per heavy atom. The molecule has 2 aromatic rings. The van der Waals surface area contributed by atoms with Crippen molar-refractivity contribution in [3.05, 3.63) is 64.1 Å². The van der Waals surface area contributed by atoms with Crippen LogP contribution in [0.4, 0.5) is 14.6 Å². The molecule has 1 N–H and O–H groups in total. The molecule has 11 heteroatoms. The molecule has 0 unspecified atom stereocenters. The minimum atomic E-state index is -2.91. The average Bonchev–Trinajstić information content (AvgIpc) is 3.13. The number of aryl methyl sites for hydroxylation is 1. The monoisotopic (exact) mass is 497 g/mol. The number of halogens is 3. The third kappa shape index (κ3) is 4.05. The molecule has 2 aromatic heterocycles. The van der Waals surface area contributed by atoms with Crippen LogP contribution in [-0.2, 0) is 0 Å². The van der Waals surface area contributed by atoms with E-state index in [4.69, 9.17) is 11.6 Å². The van der Waals surface area contributed by atoms with Gasteiger partial charge in [0.05, 0.1) is 17.5 Å². The zero-order valence-corrected chi connectivity index (χ0v) is 19.6. The Morgan fingerprint density at radius 3 is 2.69 bits per heavy atom. The van der Waals surface area contributed by atoms with Crippen LogP contribution in [0.1, 0.15) is 28.9 Å². The van der Waals surface area contributed by atoms with E-state index in [1.165, 1.54) is 10.7 Å². The molecule has 2 saturated heterocycles. The van der Waals surface area contributed by atoms with Crippen molar-refractivity contribution >= 4 is 34.9 Å². The summed E-state index contributed by atoms with van der Waals surface area (Å²) in [6.07, 6.45) is 5.33. The Balaban J connectivity index is 1.66. The number of alkyl halides is 2. The smallest absolute Gasteiger partial charge is 0.283 e. The summed E-state index contributed by atoms with van der Waals surface area (Å²) in [5.74, 6) is 0.577. The molecule has 0 atom stereocenters. The number of aliphatic hydroxyl groups excluding tert-OH is 1. The Morgan fingerprint density at radius 2 is 2.06 bits per heavy atom. The number of nitrogens with zero attached hydrogens (tertiary/aromatic N) is 7. The minimum Gasteiger partial charge on any atom is -0.390 e. The van der Waals surface area contributed by atoms with Crippen LogP contribution in [0.5, 0.6) is 0 Å². The molecule has 3 aliphatic rings. The van der Waals surface area contributed by atoms with Gasteiger partial charge in [0.1, 0.15) is 23.1 Å². The third-order valence-electron chi connectivity index (χ3n) is 6.40. The number of anilines is 1. The summed E-state index contributed by atoms with van der Waals surface area (Å²) >= 11 is 6.15. The Kier molecular flexibility index (Phi) is 6.01. The normalized spacial score (nSPS) is 21.5. The van der Waals surface area contributed by atoms with E-state index in [2.05, 4.69) is 26.6 Å². The van der Waals surface area contributed by atoms with Crippen molar-refractivity contribution in [2.75, 3.05) is 31.1 Å². The maximum atomic E-state index is 13.7. The highest BCUT2D eigenvalue weighted by Gasteiger charge is 2.40. The van der Waals surface area contributed by atoms with E-state index in [-0.39, 0.29) is 23.4 Å². The molecule has 180 valence electrons.